The summed E-state index contributed by atoms with van der Waals surface area (Å²) in [5.74, 6) is -0.335. The summed E-state index contributed by atoms with van der Waals surface area (Å²) in [6, 6.07) is 20.4. The Labute approximate surface area is 151 Å². The Balaban J connectivity index is 2.08. The summed E-state index contributed by atoms with van der Waals surface area (Å²) < 4.78 is 14.2. The normalized spacial score (nSPS) is 10.4. The van der Waals surface area contributed by atoms with Crippen molar-refractivity contribution in [2.24, 2.45) is 0 Å². The van der Waals surface area contributed by atoms with Gasteiger partial charge in [0.05, 0.1) is 22.0 Å². The highest BCUT2D eigenvalue weighted by Gasteiger charge is 2.21. The van der Waals surface area contributed by atoms with Gasteiger partial charge in [-0.15, -0.1) is 0 Å². The van der Waals surface area contributed by atoms with E-state index in [1.807, 2.05) is 24.3 Å². The zero-order valence-corrected chi connectivity index (χ0v) is 14.5. The number of benzene rings is 3. The van der Waals surface area contributed by atoms with Crippen molar-refractivity contribution in [2.45, 2.75) is 0 Å². The minimum atomic E-state index is -0.408. The Hall–Kier alpha value is -3.41. The summed E-state index contributed by atoms with van der Waals surface area (Å²) in [7, 11) is 3.53. The van der Waals surface area contributed by atoms with Gasteiger partial charge in [0, 0.05) is 20.2 Å². The monoisotopic (exact) mass is 351 g/mol. The van der Waals surface area contributed by atoms with Crippen LogP contribution in [0.15, 0.2) is 72.8 Å². The molecular weight excluding hydrogens is 333 g/mol. The standard InChI is InChI=1S/C20H18FN3O2/c1-22(16-10-4-3-9-15(16)21)17-11-5-6-12-18(17)23(2)19-13-7-8-14-20(19)24(25)26/h3-14H,1-2H3. The van der Waals surface area contributed by atoms with E-state index in [9.17, 15) is 14.5 Å². The third-order valence-corrected chi connectivity index (χ3v) is 4.26. The highest BCUT2D eigenvalue weighted by atomic mass is 19.1. The molecule has 0 bridgehead atoms. The van der Waals surface area contributed by atoms with E-state index < -0.39 is 4.92 Å². The Kier molecular flexibility index (Phi) is 4.84. The zero-order chi connectivity index (χ0) is 18.7. The van der Waals surface area contributed by atoms with Crippen LogP contribution in [0.4, 0.5) is 32.8 Å². The summed E-state index contributed by atoms with van der Waals surface area (Å²) in [5, 5.41) is 11.4. The molecule has 0 amide bonds. The van der Waals surface area contributed by atoms with Crippen LogP contribution in [-0.2, 0) is 0 Å². The zero-order valence-electron chi connectivity index (χ0n) is 14.5. The van der Waals surface area contributed by atoms with Crippen LogP contribution in [-0.4, -0.2) is 19.0 Å². The third kappa shape index (κ3) is 3.21. The average molecular weight is 351 g/mol. The van der Waals surface area contributed by atoms with Crippen molar-refractivity contribution in [3.05, 3.63) is 88.7 Å². The highest BCUT2D eigenvalue weighted by Crippen LogP contribution is 2.39. The molecule has 0 saturated heterocycles. The van der Waals surface area contributed by atoms with Crippen molar-refractivity contribution >= 4 is 28.4 Å². The van der Waals surface area contributed by atoms with Gasteiger partial charge in [-0.25, -0.2) is 4.39 Å². The lowest BCUT2D eigenvalue weighted by atomic mass is 10.1. The van der Waals surface area contributed by atoms with Crippen LogP contribution in [0, 0.1) is 15.9 Å². The number of halogens is 1. The molecule has 0 N–H and O–H groups in total. The van der Waals surface area contributed by atoms with Crippen molar-refractivity contribution < 1.29 is 9.31 Å². The van der Waals surface area contributed by atoms with E-state index in [0.29, 0.717) is 11.4 Å². The van der Waals surface area contributed by atoms with E-state index >= 15 is 0 Å². The topological polar surface area (TPSA) is 49.6 Å². The first-order valence-corrected chi connectivity index (χ1v) is 8.05. The van der Waals surface area contributed by atoms with Crippen molar-refractivity contribution in [2.75, 3.05) is 23.9 Å². The maximum absolute atomic E-state index is 14.2. The Morgan fingerprint density at radius 1 is 0.731 bits per heavy atom. The van der Waals surface area contributed by atoms with Crippen molar-refractivity contribution in [1.82, 2.24) is 0 Å². The lowest BCUT2D eigenvalue weighted by molar-refractivity contribution is -0.384. The molecule has 0 atom stereocenters. The van der Waals surface area contributed by atoms with Crippen LogP contribution >= 0.6 is 0 Å². The van der Waals surface area contributed by atoms with Gasteiger partial charge in [-0.3, -0.25) is 10.1 Å². The number of nitrogens with zero attached hydrogens (tertiary/aromatic N) is 3. The third-order valence-electron chi connectivity index (χ3n) is 4.26. The molecule has 0 unspecified atom stereocenters. The van der Waals surface area contributed by atoms with Crippen molar-refractivity contribution in [3.8, 4) is 0 Å². The van der Waals surface area contributed by atoms with E-state index in [1.165, 1.54) is 12.1 Å². The molecule has 0 spiro atoms. The van der Waals surface area contributed by atoms with Crippen LogP contribution in [0.5, 0.6) is 0 Å². The summed E-state index contributed by atoms with van der Waals surface area (Å²) in [6.07, 6.45) is 0. The highest BCUT2D eigenvalue weighted by molar-refractivity contribution is 5.83. The summed E-state index contributed by atoms with van der Waals surface area (Å²) >= 11 is 0. The Morgan fingerprint density at radius 3 is 1.69 bits per heavy atom. The largest absolute Gasteiger partial charge is 0.341 e. The van der Waals surface area contributed by atoms with E-state index in [2.05, 4.69) is 0 Å². The summed E-state index contributed by atoms with van der Waals surface area (Å²) in [5.41, 5.74) is 2.37. The van der Waals surface area contributed by atoms with Gasteiger partial charge in [0.25, 0.3) is 5.69 Å². The molecule has 0 radical (unpaired) electrons. The van der Waals surface area contributed by atoms with Gasteiger partial charge in [-0.1, -0.05) is 36.4 Å². The number of anilines is 4. The van der Waals surface area contributed by atoms with E-state index in [0.717, 1.165) is 11.4 Å². The van der Waals surface area contributed by atoms with Crippen molar-refractivity contribution in [3.63, 3.8) is 0 Å². The van der Waals surface area contributed by atoms with Gasteiger partial charge in [-0.05, 0) is 30.3 Å². The second-order valence-corrected chi connectivity index (χ2v) is 5.80. The molecule has 0 aliphatic rings. The number of rotatable bonds is 5. The molecule has 6 heteroatoms. The van der Waals surface area contributed by atoms with Crippen LogP contribution in [0.3, 0.4) is 0 Å². The summed E-state index contributed by atoms with van der Waals surface area (Å²) in [4.78, 5) is 14.4. The van der Waals surface area contributed by atoms with Gasteiger partial charge in [-0.2, -0.15) is 0 Å². The lowest BCUT2D eigenvalue weighted by Crippen LogP contribution is -2.18. The van der Waals surface area contributed by atoms with Crippen LogP contribution in [0.1, 0.15) is 0 Å². The molecule has 3 aromatic rings. The van der Waals surface area contributed by atoms with E-state index in [-0.39, 0.29) is 11.5 Å². The van der Waals surface area contributed by atoms with Crippen LogP contribution in [0.25, 0.3) is 0 Å². The molecule has 5 nitrogen and oxygen atoms in total. The van der Waals surface area contributed by atoms with Gasteiger partial charge in [0.1, 0.15) is 11.5 Å². The molecule has 0 fully saturated rings. The number of hydrogen-bond donors (Lipinski definition) is 0. The Morgan fingerprint density at radius 2 is 1.15 bits per heavy atom. The number of nitro groups is 1. The fraction of sp³-hybridized carbons (Fsp3) is 0.100. The molecule has 0 aliphatic carbocycles. The molecule has 132 valence electrons. The maximum atomic E-state index is 14.2. The van der Waals surface area contributed by atoms with Crippen molar-refractivity contribution in [1.29, 1.82) is 0 Å². The van der Waals surface area contributed by atoms with Crippen LogP contribution < -0.4 is 9.80 Å². The molecule has 0 aliphatic heterocycles. The fourth-order valence-electron chi connectivity index (χ4n) is 2.92. The predicted molar refractivity (Wildman–Crippen MR) is 102 cm³/mol. The average Bonchev–Trinajstić information content (AvgIpc) is 2.67. The van der Waals surface area contributed by atoms with Gasteiger partial charge >= 0.3 is 0 Å². The minimum absolute atomic E-state index is 0.0124. The minimum Gasteiger partial charge on any atom is -0.341 e. The summed E-state index contributed by atoms with van der Waals surface area (Å²) in [6.45, 7) is 0. The quantitative estimate of drug-likeness (QED) is 0.464. The molecule has 0 saturated carbocycles. The van der Waals surface area contributed by atoms with Gasteiger partial charge in [0.2, 0.25) is 0 Å². The first-order chi connectivity index (χ1) is 12.5. The molecule has 3 aromatic carbocycles. The second-order valence-electron chi connectivity index (χ2n) is 5.80. The van der Waals surface area contributed by atoms with Crippen LogP contribution in [0.2, 0.25) is 0 Å². The number of nitro benzene ring substituents is 1. The van der Waals surface area contributed by atoms with E-state index in [1.54, 1.807) is 60.3 Å². The molecule has 0 aromatic heterocycles. The predicted octanol–water partition coefficient (Wildman–Crippen LogP) is 5.27. The first kappa shape index (κ1) is 17.4. The van der Waals surface area contributed by atoms with E-state index in [4.69, 9.17) is 0 Å². The number of para-hydroxylation sites is 5. The smallest absolute Gasteiger partial charge is 0.292 e. The molecule has 26 heavy (non-hydrogen) atoms. The van der Waals surface area contributed by atoms with Gasteiger partial charge < -0.3 is 9.80 Å². The first-order valence-electron chi connectivity index (χ1n) is 8.05. The maximum Gasteiger partial charge on any atom is 0.292 e. The lowest BCUT2D eigenvalue weighted by Gasteiger charge is -2.28. The molecular formula is C20H18FN3O2. The molecule has 0 heterocycles. The molecule has 3 rings (SSSR count). The Bertz CT molecular complexity index is 946. The van der Waals surface area contributed by atoms with Gasteiger partial charge in [0.15, 0.2) is 0 Å². The SMILES string of the molecule is CN(c1ccccc1F)c1ccccc1N(C)c1ccccc1[N+](=O)[O-]. The second kappa shape index (κ2) is 7.23. The number of hydrogen-bond acceptors (Lipinski definition) is 4. The fourth-order valence-corrected chi connectivity index (χ4v) is 2.92.